The second-order valence-electron chi connectivity index (χ2n) is 5.83. The summed E-state index contributed by atoms with van der Waals surface area (Å²) in [6.45, 7) is 3.53. The summed E-state index contributed by atoms with van der Waals surface area (Å²) in [5.74, 6) is 1.33. The maximum atomic E-state index is 5.85. The first-order valence-electron chi connectivity index (χ1n) is 6.92. The predicted molar refractivity (Wildman–Crippen MR) is 80.0 cm³/mol. The lowest BCUT2D eigenvalue weighted by Gasteiger charge is -2.26. The van der Waals surface area contributed by atoms with Crippen molar-refractivity contribution in [1.82, 2.24) is 5.32 Å². The third-order valence-electron chi connectivity index (χ3n) is 4.27. The minimum absolute atomic E-state index is 0.455. The highest BCUT2D eigenvalue weighted by Gasteiger charge is 2.31. The van der Waals surface area contributed by atoms with E-state index in [4.69, 9.17) is 5.73 Å². The van der Waals surface area contributed by atoms with E-state index in [-0.39, 0.29) is 0 Å². The van der Waals surface area contributed by atoms with Gasteiger partial charge in [-0.1, -0.05) is 6.07 Å². The molecule has 0 aromatic heterocycles. The molecule has 2 unspecified atom stereocenters. The average Bonchev–Trinajstić information content (AvgIpc) is 2.93. The second kappa shape index (κ2) is 4.78. The van der Waals surface area contributed by atoms with Crippen molar-refractivity contribution in [3.63, 3.8) is 0 Å². The van der Waals surface area contributed by atoms with Crippen molar-refractivity contribution in [2.45, 2.75) is 43.4 Å². The molecule has 98 valence electrons. The maximum absolute atomic E-state index is 5.85. The normalized spacial score (nSPS) is 30.6. The number of benzene rings is 1. The fourth-order valence-corrected chi connectivity index (χ4v) is 4.42. The van der Waals surface area contributed by atoms with Crippen LogP contribution in [0, 0.1) is 0 Å². The van der Waals surface area contributed by atoms with E-state index in [9.17, 15) is 0 Å². The predicted octanol–water partition coefficient (Wildman–Crippen LogP) is 3.13. The van der Waals surface area contributed by atoms with Crippen LogP contribution >= 0.6 is 11.8 Å². The molecule has 2 atom stereocenters. The second-order valence-corrected chi connectivity index (χ2v) is 7.51. The quantitative estimate of drug-likeness (QED) is 0.822. The highest BCUT2D eigenvalue weighted by atomic mass is 32.2. The van der Waals surface area contributed by atoms with Crippen molar-refractivity contribution < 1.29 is 0 Å². The lowest BCUT2D eigenvalue weighted by atomic mass is 10.0. The lowest BCUT2D eigenvalue weighted by molar-refractivity contribution is 0.469. The zero-order valence-corrected chi connectivity index (χ0v) is 11.9. The highest BCUT2D eigenvalue weighted by Crippen LogP contribution is 2.38. The molecule has 0 amide bonds. The number of fused-ring (bicyclic) bond motifs is 1. The van der Waals surface area contributed by atoms with Gasteiger partial charge in [-0.05, 0) is 61.6 Å². The Kier molecular flexibility index (Phi) is 3.29. The Morgan fingerprint density at radius 1 is 1.50 bits per heavy atom. The third kappa shape index (κ3) is 2.39. The van der Waals surface area contributed by atoms with Crippen LogP contribution in [0.5, 0.6) is 0 Å². The van der Waals surface area contributed by atoms with E-state index < -0.39 is 0 Å². The number of hydrogen-bond donors (Lipinski definition) is 2. The smallest absolute Gasteiger partial charge is 0.0326 e. The van der Waals surface area contributed by atoms with Gasteiger partial charge in [0.05, 0.1) is 0 Å². The molecule has 2 nitrogen and oxygen atoms in total. The zero-order chi connectivity index (χ0) is 12.6. The van der Waals surface area contributed by atoms with Crippen molar-refractivity contribution in [3.8, 4) is 0 Å². The molecule has 1 heterocycles. The van der Waals surface area contributed by atoms with Crippen LogP contribution in [0.25, 0.3) is 0 Å². The van der Waals surface area contributed by atoms with Gasteiger partial charge in [-0.25, -0.2) is 0 Å². The topological polar surface area (TPSA) is 38.0 Å². The Labute approximate surface area is 114 Å². The molecular weight excluding hydrogens is 240 g/mol. The fourth-order valence-electron chi connectivity index (χ4n) is 3.16. The molecular formula is C15H22N2S. The standard InChI is InChI=1S/C15H22N2S/c1-15(7-2-8-18-15)10-17-14-6-3-11-9-12(16)4-5-13(11)14/h4-5,9,14,17H,2-3,6-8,10,16H2,1H3. The Balaban J connectivity index is 1.66. The molecule has 0 bridgehead atoms. The largest absolute Gasteiger partial charge is 0.399 e. The number of nitrogen functional groups attached to an aromatic ring is 1. The van der Waals surface area contributed by atoms with Gasteiger partial charge in [0, 0.05) is 23.0 Å². The summed E-state index contributed by atoms with van der Waals surface area (Å²) < 4.78 is 0.455. The van der Waals surface area contributed by atoms with Crippen molar-refractivity contribution in [2.75, 3.05) is 18.0 Å². The molecule has 3 heteroatoms. The van der Waals surface area contributed by atoms with Gasteiger partial charge < -0.3 is 11.1 Å². The number of nitrogens with two attached hydrogens (primary N) is 1. The van der Waals surface area contributed by atoms with E-state index in [1.54, 1.807) is 0 Å². The van der Waals surface area contributed by atoms with Crippen molar-refractivity contribution in [2.24, 2.45) is 0 Å². The van der Waals surface area contributed by atoms with E-state index in [2.05, 4.69) is 36.1 Å². The van der Waals surface area contributed by atoms with Crippen LogP contribution in [0.15, 0.2) is 18.2 Å². The summed E-state index contributed by atoms with van der Waals surface area (Å²) in [7, 11) is 0. The number of rotatable bonds is 3. The van der Waals surface area contributed by atoms with Crippen LogP contribution < -0.4 is 11.1 Å². The number of aryl methyl sites for hydroxylation is 1. The Morgan fingerprint density at radius 3 is 3.17 bits per heavy atom. The van der Waals surface area contributed by atoms with Gasteiger partial charge in [-0.15, -0.1) is 0 Å². The molecule has 18 heavy (non-hydrogen) atoms. The molecule has 2 aliphatic rings. The van der Waals surface area contributed by atoms with Gasteiger partial charge in [-0.2, -0.15) is 11.8 Å². The summed E-state index contributed by atoms with van der Waals surface area (Å²) in [5, 5.41) is 3.78. The molecule has 1 saturated heterocycles. The number of anilines is 1. The number of nitrogens with one attached hydrogen (secondary N) is 1. The van der Waals surface area contributed by atoms with Crippen LogP contribution in [-0.4, -0.2) is 17.0 Å². The van der Waals surface area contributed by atoms with Crippen molar-refractivity contribution in [1.29, 1.82) is 0 Å². The summed E-state index contributed by atoms with van der Waals surface area (Å²) >= 11 is 2.13. The molecule has 3 N–H and O–H groups in total. The highest BCUT2D eigenvalue weighted by molar-refractivity contribution is 8.00. The van der Waals surface area contributed by atoms with Gasteiger partial charge in [0.25, 0.3) is 0 Å². The van der Waals surface area contributed by atoms with E-state index in [1.165, 1.54) is 42.6 Å². The monoisotopic (exact) mass is 262 g/mol. The summed E-state index contributed by atoms with van der Waals surface area (Å²) in [6.07, 6.45) is 5.12. The fraction of sp³-hybridized carbons (Fsp3) is 0.600. The van der Waals surface area contributed by atoms with Crippen LogP contribution in [0.3, 0.4) is 0 Å². The van der Waals surface area contributed by atoms with E-state index in [1.807, 2.05) is 6.07 Å². The molecule has 0 saturated carbocycles. The van der Waals surface area contributed by atoms with Gasteiger partial charge >= 0.3 is 0 Å². The van der Waals surface area contributed by atoms with Crippen molar-refractivity contribution in [3.05, 3.63) is 29.3 Å². The molecule has 1 aliphatic carbocycles. The Morgan fingerprint density at radius 2 is 2.39 bits per heavy atom. The Bertz CT molecular complexity index is 438. The zero-order valence-electron chi connectivity index (χ0n) is 11.0. The van der Waals surface area contributed by atoms with Gasteiger partial charge in [0.15, 0.2) is 0 Å². The van der Waals surface area contributed by atoms with Gasteiger partial charge in [-0.3, -0.25) is 0 Å². The maximum Gasteiger partial charge on any atom is 0.0326 e. The molecule has 3 rings (SSSR count). The number of thioether (sulfide) groups is 1. The van der Waals surface area contributed by atoms with E-state index >= 15 is 0 Å². The molecule has 0 radical (unpaired) electrons. The average molecular weight is 262 g/mol. The van der Waals surface area contributed by atoms with Crippen LogP contribution in [-0.2, 0) is 6.42 Å². The molecule has 0 spiro atoms. The van der Waals surface area contributed by atoms with Crippen LogP contribution in [0.4, 0.5) is 5.69 Å². The van der Waals surface area contributed by atoms with Crippen molar-refractivity contribution >= 4 is 17.4 Å². The first kappa shape index (κ1) is 12.4. The molecule has 1 aliphatic heterocycles. The molecule has 1 fully saturated rings. The summed E-state index contributed by atoms with van der Waals surface area (Å²) in [6, 6.07) is 6.92. The number of hydrogen-bond acceptors (Lipinski definition) is 3. The van der Waals surface area contributed by atoms with Gasteiger partial charge in [0.2, 0.25) is 0 Å². The summed E-state index contributed by atoms with van der Waals surface area (Å²) in [5.41, 5.74) is 9.65. The minimum Gasteiger partial charge on any atom is -0.399 e. The lowest BCUT2D eigenvalue weighted by Crippen LogP contribution is -2.34. The molecule has 1 aromatic carbocycles. The molecule has 1 aromatic rings. The van der Waals surface area contributed by atoms with Gasteiger partial charge in [0.1, 0.15) is 0 Å². The van der Waals surface area contributed by atoms with Crippen LogP contribution in [0.1, 0.15) is 43.4 Å². The SMILES string of the molecule is CC1(CNC2CCc3cc(N)ccc32)CCCS1. The first-order valence-corrected chi connectivity index (χ1v) is 7.90. The minimum atomic E-state index is 0.455. The first-order chi connectivity index (χ1) is 8.66. The van der Waals surface area contributed by atoms with Crippen LogP contribution in [0.2, 0.25) is 0 Å². The van der Waals surface area contributed by atoms with E-state index in [0.29, 0.717) is 10.8 Å². The van der Waals surface area contributed by atoms with E-state index in [0.717, 1.165) is 12.2 Å². The summed E-state index contributed by atoms with van der Waals surface area (Å²) in [4.78, 5) is 0. The Hall–Kier alpha value is -0.670. The third-order valence-corrected chi connectivity index (χ3v) is 5.81.